The summed E-state index contributed by atoms with van der Waals surface area (Å²) in [4.78, 5) is 23.6. The molecule has 1 aromatic carbocycles. The first-order chi connectivity index (χ1) is 12.4. The van der Waals surface area contributed by atoms with Crippen molar-refractivity contribution in [3.05, 3.63) is 63.9 Å². The number of carbonyl (C=O) groups excluding carboxylic acids is 2. The Morgan fingerprint density at radius 2 is 1.88 bits per heavy atom. The molecule has 0 saturated carbocycles. The van der Waals surface area contributed by atoms with Gasteiger partial charge in [-0.05, 0) is 58.9 Å². The van der Waals surface area contributed by atoms with Crippen molar-refractivity contribution >= 4 is 29.3 Å². The summed E-state index contributed by atoms with van der Waals surface area (Å²) in [6.07, 6.45) is 4.03. The minimum atomic E-state index is -0.531. The van der Waals surface area contributed by atoms with Crippen molar-refractivity contribution < 1.29 is 14.3 Å². The van der Waals surface area contributed by atoms with E-state index >= 15 is 0 Å². The van der Waals surface area contributed by atoms with Gasteiger partial charge in [-0.25, -0.2) is 4.79 Å². The zero-order chi connectivity index (χ0) is 18.9. The molecule has 1 amide bonds. The smallest absolute Gasteiger partial charge is 0.331 e. The van der Waals surface area contributed by atoms with Crippen LogP contribution in [-0.2, 0) is 20.7 Å². The van der Waals surface area contributed by atoms with Gasteiger partial charge in [-0.3, -0.25) is 4.79 Å². The molecule has 4 nitrogen and oxygen atoms in total. The second-order valence-electron chi connectivity index (χ2n) is 6.63. The van der Waals surface area contributed by atoms with E-state index in [1.54, 1.807) is 17.4 Å². The number of esters is 1. The Kier molecular flexibility index (Phi) is 7.60. The molecule has 1 atom stereocenters. The highest BCUT2D eigenvalue weighted by molar-refractivity contribution is 7.08. The van der Waals surface area contributed by atoms with Crippen LogP contribution in [0.25, 0.3) is 6.08 Å². The molecule has 1 aromatic heterocycles. The summed E-state index contributed by atoms with van der Waals surface area (Å²) in [5.41, 5.74) is 3.24. The minimum absolute atomic E-state index is 0.143. The molecule has 2 rings (SSSR count). The quantitative estimate of drug-likeness (QED) is 0.553. The Labute approximate surface area is 158 Å². The van der Waals surface area contributed by atoms with Crippen LogP contribution in [0.15, 0.2) is 47.2 Å². The third kappa shape index (κ3) is 6.84. The second-order valence-corrected chi connectivity index (χ2v) is 7.41. The van der Waals surface area contributed by atoms with Crippen molar-refractivity contribution in [3.63, 3.8) is 0 Å². The Hall–Kier alpha value is -2.40. The van der Waals surface area contributed by atoms with Gasteiger partial charge in [-0.1, -0.05) is 38.1 Å². The highest BCUT2D eigenvalue weighted by Gasteiger charge is 2.11. The van der Waals surface area contributed by atoms with E-state index in [0.29, 0.717) is 5.92 Å². The van der Waals surface area contributed by atoms with E-state index in [-0.39, 0.29) is 18.6 Å². The standard InChI is InChI=1S/C21H25NO3S/c1-15(2)12-17-4-7-19(8-5-17)16(3)22-20(23)13-25-21(24)9-6-18-10-11-26-14-18/h4-11,14-16H,12-13H2,1-3H3,(H,22,23)/b9-6+/t16-/m1/s1. The predicted molar refractivity (Wildman–Crippen MR) is 106 cm³/mol. The Morgan fingerprint density at radius 3 is 2.50 bits per heavy atom. The van der Waals surface area contributed by atoms with Crippen LogP contribution in [0.4, 0.5) is 0 Å². The summed E-state index contributed by atoms with van der Waals surface area (Å²) < 4.78 is 4.97. The SMILES string of the molecule is CC(C)Cc1ccc([C@@H](C)NC(=O)COC(=O)/C=C/c2ccsc2)cc1. The summed E-state index contributed by atoms with van der Waals surface area (Å²) >= 11 is 1.55. The summed E-state index contributed by atoms with van der Waals surface area (Å²) in [7, 11) is 0. The van der Waals surface area contributed by atoms with Crippen molar-refractivity contribution in [2.45, 2.75) is 33.2 Å². The van der Waals surface area contributed by atoms with Gasteiger partial charge in [-0.2, -0.15) is 11.3 Å². The predicted octanol–water partition coefficient (Wildman–Crippen LogP) is 4.38. The van der Waals surface area contributed by atoms with Crippen molar-refractivity contribution in [1.29, 1.82) is 0 Å². The van der Waals surface area contributed by atoms with Gasteiger partial charge in [0.1, 0.15) is 0 Å². The average molecular weight is 372 g/mol. The summed E-state index contributed by atoms with van der Waals surface area (Å²) in [5.74, 6) is -0.237. The molecular weight excluding hydrogens is 346 g/mol. The first-order valence-electron chi connectivity index (χ1n) is 8.69. The molecule has 0 radical (unpaired) electrons. The first-order valence-corrected chi connectivity index (χ1v) is 9.63. The van der Waals surface area contributed by atoms with Crippen LogP contribution < -0.4 is 5.32 Å². The van der Waals surface area contributed by atoms with Crippen LogP contribution in [-0.4, -0.2) is 18.5 Å². The van der Waals surface area contributed by atoms with Gasteiger partial charge in [0.25, 0.3) is 5.91 Å². The fourth-order valence-corrected chi connectivity index (χ4v) is 3.13. The number of amides is 1. The lowest BCUT2D eigenvalue weighted by Gasteiger charge is -2.15. The normalized spacial score (nSPS) is 12.3. The number of hydrogen-bond donors (Lipinski definition) is 1. The largest absolute Gasteiger partial charge is 0.452 e. The topological polar surface area (TPSA) is 55.4 Å². The number of ether oxygens (including phenoxy) is 1. The van der Waals surface area contributed by atoms with Gasteiger partial charge in [0, 0.05) is 6.08 Å². The molecule has 2 aromatic rings. The molecule has 0 aliphatic carbocycles. The molecule has 0 fully saturated rings. The summed E-state index contributed by atoms with van der Waals surface area (Å²) in [5, 5.41) is 6.69. The van der Waals surface area contributed by atoms with Crippen molar-refractivity contribution in [2.75, 3.05) is 6.61 Å². The number of nitrogens with one attached hydrogen (secondary N) is 1. The van der Waals surface area contributed by atoms with E-state index in [1.165, 1.54) is 11.6 Å². The maximum absolute atomic E-state index is 12.0. The van der Waals surface area contributed by atoms with Crippen LogP contribution >= 0.6 is 11.3 Å². The van der Waals surface area contributed by atoms with Gasteiger partial charge >= 0.3 is 5.97 Å². The molecule has 0 bridgehead atoms. The summed E-state index contributed by atoms with van der Waals surface area (Å²) in [6.45, 7) is 6.00. The van der Waals surface area contributed by atoms with Crippen molar-refractivity contribution in [2.24, 2.45) is 5.92 Å². The van der Waals surface area contributed by atoms with Gasteiger partial charge in [0.05, 0.1) is 6.04 Å². The molecule has 0 spiro atoms. The van der Waals surface area contributed by atoms with Crippen LogP contribution in [0.5, 0.6) is 0 Å². The highest BCUT2D eigenvalue weighted by Crippen LogP contribution is 2.15. The molecule has 5 heteroatoms. The zero-order valence-corrected chi connectivity index (χ0v) is 16.2. The Morgan fingerprint density at radius 1 is 1.15 bits per heavy atom. The van der Waals surface area contributed by atoms with E-state index in [0.717, 1.165) is 17.5 Å². The van der Waals surface area contributed by atoms with E-state index in [2.05, 4.69) is 31.3 Å². The molecule has 26 heavy (non-hydrogen) atoms. The van der Waals surface area contributed by atoms with Crippen molar-refractivity contribution in [1.82, 2.24) is 5.32 Å². The van der Waals surface area contributed by atoms with Crippen LogP contribution in [0.3, 0.4) is 0 Å². The third-order valence-electron chi connectivity index (χ3n) is 3.80. The fourth-order valence-electron chi connectivity index (χ4n) is 2.50. The van der Waals surface area contributed by atoms with Gasteiger partial charge in [0.2, 0.25) is 0 Å². The maximum atomic E-state index is 12.0. The molecule has 138 valence electrons. The number of hydrogen-bond acceptors (Lipinski definition) is 4. The highest BCUT2D eigenvalue weighted by atomic mass is 32.1. The molecule has 1 heterocycles. The molecule has 1 N–H and O–H groups in total. The molecular formula is C21H25NO3S. The maximum Gasteiger partial charge on any atom is 0.331 e. The lowest BCUT2D eigenvalue weighted by atomic mass is 10.00. The van der Waals surface area contributed by atoms with E-state index in [4.69, 9.17) is 4.74 Å². The number of carbonyl (C=O) groups is 2. The van der Waals surface area contributed by atoms with E-state index in [9.17, 15) is 9.59 Å². The molecule has 0 aliphatic heterocycles. The number of thiophene rings is 1. The van der Waals surface area contributed by atoms with Crippen LogP contribution in [0, 0.1) is 5.92 Å². The Bertz CT molecular complexity index is 733. The van der Waals surface area contributed by atoms with Crippen molar-refractivity contribution in [3.8, 4) is 0 Å². The lowest BCUT2D eigenvalue weighted by molar-refractivity contribution is -0.144. The lowest BCUT2D eigenvalue weighted by Crippen LogP contribution is -2.30. The first kappa shape index (κ1) is 19.9. The molecule has 0 aliphatic rings. The zero-order valence-electron chi connectivity index (χ0n) is 15.4. The monoisotopic (exact) mass is 371 g/mol. The van der Waals surface area contributed by atoms with Crippen LogP contribution in [0.1, 0.15) is 43.5 Å². The minimum Gasteiger partial charge on any atom is -0.452 e. The summed E-state index contributed by atoms with van der Waals surface area (Å²) in [6, 6.07) is 9.99. The molecule has 0 unspecified atom stereocenters. The molecule has 0 saturated heterocycles. The van der Waals surface area contributed by atoms with E-state index < -0.39 is 5.97 Å². The van der Waals surface area contributed by atoms with E-state index in [1.807, 2.05) is 35.9 Å². The number of benzene rings is 1. The number of rotatable bonds is 8. The average Bonchev–Trinajstić information content (AvgIpc) is 3.11. The third-order valence-corrected chi connectivity index (χ3v) is 4.50. The Balaban J connectivity index is 1.76. The second kappa shape index (κ2) is 9.92. The van der Waals surface area contributed by atoms with Gasteiger partial charge in [0.15, 0.2) is 6.61 Å². The van der Waals surface area contributed by atoms with Gasteiger partial charge < -0.3 is 10.1 Å². The van der Waals surface area contributed by atoms with Gasteiger partial charge in [-0.15, -0.1) is 0 Å². The fraction of sp³-hybridized carbons (Fsp3) is 0.333. The van der Waals surface area contributed by atoms with Crippen LogP contribution in [0.2, 0.25) is 0 Å².